The Morgan fingerprint density at radius 2 is 2.03 bits per heavy atom. The van der Waals surface area contributed by atoms with Crippen LogP contribution < -0.4 is 10.1 Å². The highest BCUT2D eigenvalue weighted by Crippen LogP contribution is 2.40. The lowest BCUT2D eigenvalue weighted by Crippen LogP contribution is -2.18. The molecule has 0 spiro atoms. The minimum absolute atomic E-state index is 0.0187. The number of fused-ring (bicyclic) bond motifs is 2. The molecule has 0 bridgehead atoms. The first-order valence-electron chi connectivity index (χ1n) is 9.86. The Balaban J connectivity index is 1.82. The molecule has 29 heavy (non-hydrogen) atoms. The fourth-order valence-corrected chi connectivity index (χ4v) is 4.57. The van der Waals surface area contributed by atoms with Gasteiger partial charge in [-0.15, -0.1) is 11.8 Å². The SMILES string of the molecule is CC(C)(C)Sc1cn2c(-c3cnc4c(c3)C(C)(C)CN4)cnc2cc1OCCO. The van der Waals surface area contributed by atoms with Crippen LogP contribution in [0.15, 0.2) is 35.6 Å². The van der Waals surface area contributed by atoms with Crippen molar-refractivity contribution in [2.75, 3.05) is 25.1 Å². The molecule has 3 aromatic rings. The zero-order valence-electron chi connectivity index (χ0n) is 17.6. The van der Waals surface area contributed by atoms with Crippen molar-refractivity contribution in [3.63, 3.8) is 0 Å². The van der Waals surface area contributed by atoms with Gasteiger partial charge in [0.25, 0.3) is 0 Å². The summed E-state index contributed by atoms with van der Waals surface area (Å²) in [6.07, 6.45) is 5.87. The predicted octanol–water partition coefficient (Wildman–Crippen LogP) is 4.36. The maximum absolute atomic E-state index is 9.17. The molecule has 0 saturated carbocycles. The van der Waals surface area contributed by atoms with E-state index in [9.17, 15) is 5.11 Å². The Kier molecular flexibility index (Phi) is 4.99. The Labute approximate surface area is 175 Å². The third-order valence-corrected chi connectivity index (χ3v) is 6.09. The molecule has 0 atom stereocenters. The molecule has 0 aliphatic carbocycles. The molecule has 1 aliphatic heterocycles. The van der Waals surface area contributed by atoms with Gasteiger partial charge in [-0.1, -0.05) is 34.6 Å². The van der Waals surface area contributed by atoms with Crippen molar-refractivity contribution >= 4 is 23.2 Å². The van der Waals surface area contributed by atoms with Gasteiger partial charge < -0.3 is 15.2 Å². The molecule has 0 fully saturated rings. The standard InChI is InChI=1S/C22H28N4O2S/c1-21(2,3)29-18-12-26-16(11-23-19(26)9-17(18)28-7-6-27)14-8-15-20(24-10-14)25-13-22(15,4)5/h8-12,27H,6-7,13H2,1-5H3,(H,24,25). The average molecular weight is 413 g/mol. The number of hydrogen-bond acceptors (Lipinski definition) is 6. The predicted molar refractivity (Wildman–Crippen MR) is 118 cm³/mol. The van der Waals surface area contributed by atoms with Gasteiger partial charge in [0.15, 0.2) is 0 Å². The molecule has 2 N–H and O–H groups in total. The number of aliphatic hydroxyl groups is 1. The molecule has 0 amide bonds. The van der Waals surface area contributed by atoms with Crippen molar-refractivity contribution in [2.24, 2.45) is 0 Å². The largest absolute Gasteiger partial charge is 0.490 e. The Morgan fingerprint density at radius 1 is 1.24 bits per heavy atom. The maximum Gasteiger partial charge on any atom is 0.140 e. The highest BCUT2D eigenvalue weighted by Gasteiger charge is 2.31. The Morgan fingerprint density at radius 3 is 2.76 bits per heavy atom. The van der Waals surface area contributed by atoms with Crippen molar-refractivity contribution < 1.29 is 9.84 Å². The minimum Gasteiger partial charge on any atom is -0.490 e. The minimum atomic E-state index is -0.0187. The Hall–Kier alpha value is -2.25. The smallest absolute Gasteiger partial charge is 0.140 e. The van der Waals surface area contributed by atoms with Crippen molar-refractivity contribution in [1.82, 2.24) is 14.4 Å². The third-order valence-electron chi connectivity index (χ3n) is 4.95. The summed E-state index contributed by atoms with van der Waals surface area (Å²) in [5, 5.41) is 12.6. The molecule has 3 aromatic heterocycles. The number of anilines is 1. The average Bonchev–Trinajstić information content (AvgIpc) is 3.18. The quantitative estimate of drug-likeness (QED) is 0.607. The zero-order chi connectivity index (χ0) is 20.8. The first-order valence-corrected chi connectivity index (χ1v) is 10.7. The number of nitrogens with zero attached hydrogens (tertiary/aromatic N) is 3. The second-order valence-electron chi connectivity index (χ2n) is 9.02. The first-order chi connectivity index (χ1) is 13.7. The van der Waals surface area contributed by atoms with Crippen LogP contribution >= 0.6 is 11.8 Å². The fourth-order valence-electron chi connectivity index (χ4n) is 3.54. The number of nitrogens with one attached hydrogen (secondary N) is 1. The van der Waals surface area contributed by atoms with Crippen LogP contribution in [0.5, 0.6) is 5.75 Å². The molecule has 1 aliphatic rings. The van der Waals surface area contributed by atoms with Crippen LogP contribution in [0.2, 0.25) is 0 Å². The molecule has 0 aromatic carbocycles. The van der Waals surface area contributed by atoms with E-state index in [4.69, 9.17) is 4.74 Å². The maximum atomic E-state index is 9.17. The van der Waals surface area contributed by atoms with Crippen LogP contribution in [-0.4, -0.2) is 44.0 Å². The van der Waals surface area contributed by atoms with Crippen LogP contribution in [0, 0.1) is 0 Å². The lowest BCUT2D eigenvalue weighted by molar-refractivity contribution is 0.198. The number of imidazole rings is 1. The second kappa shape index (κ2) is 7.22. The van der Waals surface area contributed by atoms with E-state index in [0.29, 0.717) is 0 Å². The van der Waals surface area contributed by atoms with Gasteiger partial charge in [0.2, 0.25) is 0 Å². The van der Waals surface area contributed by atoms with Crippen molar-refractivity contribution in [3.05, 3.63) is 36.3 Å². The van der Waals surface area contributed by atoms with E-state index in [1.165, 1.54) is 5.56 Å². The number of thioether (sulfide) groups is 1. The van der Waals surface area contributed by atoms with E-state index < -0.39 is 0 Å². The van der Waals surface area contributed by atoms with E-state index >= 15 is 0 Å². The van der Waals surface area contributed by atoms with Gasteiger partial charge in [-0.05, 0) is 6.07 Å². The summed E-state index contributed by atoms with van der Waals surface area (Å²) in [5.41, 5.74) is 4.14. The van der Waals surface area contributed by atoms with E-state index in [1.807, 2.05) is 18.5 Å². The summed E-state index contributed by atoms with van der Waals surface area (Å²) in [4.78, 5) is 10.3. The molecule has 7 heteroatoms. The van der Waals surface area contributed by atoms with Crippen LogP contribution in [0.3, 0.4) is 0 Å². The molecule has 6 nitrogen and oxygen atoms in total. The third kappa shape index (κ3) is 3.94. The molecule has 4 rings (SSSR count). The van der Waals surface area contributed by atoms with E-state index in [0.717, 1.165) is 39.9 Å². The van der Waals surface area contributed by atoms with Crippen molar-refractivity contribution in [2.45, 2.75) is 49.7 Å². The monoisotopic (exact) mass is 412 g/mol. The molecule has 0 saturated heterocycles. The highest BCUT2D eigenvalue weighted by molar-refractivity contribution is 8.00. The van der Waals surface area contributed by atoms with Crippen LogP contribution in [-0.2, 0) is 5.41 Å². The summed E-state index contributed by atoms with van der Waals surface area (Å²) in [6.45, 7) is 12.1. The summed E-state index contributed by atoms with van der Waals surface area (Å²) in [5.74, 6) is 1.72. The van der Waals surface area contributed by atoms with Crippen molar-refractivity contribution in [1.29, 1.82) is 0 Å². The van der Waals surface area contributed by atoms with Gasteiger partial charge in [-0.3, -0.25) is 4.40 Å². The number of ether oxygens (including phenoxy) is 1. The first kappa shape index (κ1) is 20.0. The van der Waals surface area contributed by atoms with Crippen LogP contribution in [0.4, 0.5) is 5.82 Å². The number of rotatable bonds is 5. The molecule has 4 heterocycles. The number of aliphatic hydroxyl groups excluding tert-OH is 1. The van der Waals surface area contributed by atoms with Gasteiger partial charge in [-0.25, -0.2) is 9.97 Å². The van der Waals surface area contributed by atoms with Gasteiger partial charge in [0.05, 0.1) is 23.4 Å². The molecule has 0 radical (unpaired) electrons. The molecular formula is C22H28N4O2S. The summed E-state index contributed by atoms with van der Waals surface area (Å²) < 4.78 is 7.92. The van der Waals surface area contributed by atoms with E-state index in [1.54, 1.807) is 11.8 Å². The van der Waals surface area contributed by atoms with Gasteiger partial charge >= 0.3 is 0 Å². The van der Waals surface area contributed by atoms with Crippen molar-refractivity contribution in [3.8, 4) is 17.0 Å². The lowest BCUT2D eigenvalue weighted by Gasteiger charge is -2.20. The molecule has 0 unspecified atom stereocenters. The van der Waals surface area contributed by atoms with Crippen LogP contribution in [0.1, 0.15) is 40.2 Å². The Bertz CT molecular complexity index is 1050. The topological polar surface area (TPSA) is 71.7 Å². The zero-order valence-corrected chi connectivity index (χ0v) is 18.4. The number of aromatic nitrogens is 3. The summed E-state index contributed by atoms with van der Waals surface area (Å²) >= 11 is 1.74. The number of pyridine rings is 2. The van der Waals surface area contributed by atoms with E-state index in [2.05, 4.69) is 66.6 Å². The normalized spacial score (nSPS) is 15.4. The fraction of sp³-hybridized carbons (Fsp3) is 0.455. The second-order valence-corrected chi connectivity index (χ2v) is 10.9. The van der Waals surface area contributed by atoms with Crippen LogP contribution in [0.25, 0.3) is 16.9 Å². The van der Waals surface area contributed by atoms with Gasteiger partial charge in [0.1, 0.15) is 23.8 Å². The summed E-state index contributed by atoms with van der Waals surface area (Å²) in [6, 6.07) is 4.16. The highest BCUT2D eigenvalue weighted by atomic mass is 32.2. The lowest BCUT2D eigenvalue weighted by atomic mass is 9.87. The molecular weight excluding hydrogens is 384 g/mol. The molecule has 154 valence electrons. The van der Waals surface area contributed by atoms with Gasteiger partial charge in [0, 0.05) is 46.3 Å². The van der Waals surface area contributed by atoms with Gasteiger partial charge in [-0.2, -0.15) is 0 Å². The van der Waals surface area contributed by atoms with E-state index in [-0.39, 0.29) is 23.4 Å². The number of hydrogen-bond donors (Lipinski definition) is 2. The summed E-state index contributed by atoms with van der Waals surface area (Å²) in [7, 11) is 0.